The Bertz CT molecular complexity index is 375. The predicted octanol–water partition coefficient (Wildman–Crippen LogP) is 2.96. The molecule has 0 radical (unpaired) electrons. The fraction of sp³-hybridized carbons (Fsp3) is 0.625. The summed E-state index contributed by atoms with van der Waals surface area (Å²) < 4.78 is 10.6. The molecule has 3 nitrogen and oxygen atoms in total. The molecule has 0 aromatic heterocycles. The van der Waals surface area contributed by atoms with Crippen molar-refractivity contribution in [3.05, 3.63) is 29.8 Å². The molecule has 0 bridgehead atoms. The van der Waals surface area contributed by atoms with E-state index < -0.39 is 0 Å². The largest absolute Gasteiger partial charge is 0.497 e. The fourth-order valence-electron chi connectivity index (χ4n) is 2.58. The van der Waals surface area contributed by atoms with E-state index in [2.05, 4.69) is 23.5 Å². The van der Waals surface area contributed by atoms with E-state index in [0.717, 1.165) is 31.9 Å². The number of hydrogen-bond acceptors (Lipinski definition) is 3. The maximum Gasteiger partial charge on any atom is 0.119 e. The fourth-order valence-corrected chi connectivity index (χ4v) is 2.58. The summed E-state index contributed by atoms with van der Waals surface area (Å²) in [5, 5.41) is 3.60. The topological polar surface area (TPSA) is 30.5 Å². The van der Waals surface area contributed by atoms with E-state index in [1.807, 2.05) is 13.0 Å². The van der Waals surface area contributed by atoms with E-state index in [-0.39, 0.29) is 0 Å². The molecule has 1 aliphatic rings. The van der Waals surface area contributed by atoms with Crippen LogP contribution in [0.25, 0.3) is 0 Å². The van der Waals surface area contributed by atoms with Gasteiger partial charge in [-0.3, -0.25) is 0 Å². The van der Waals surface area contributed by atoms with E-state index >= 15 is 0 Å². The first kappa shape index (κ1) is 14.4. The van der Waals surface area contributed by atoms with Crippen LogP contribution >= 0.6 is 0 Å². The molecular formula is C16H25NO2. The Morgan fingerprint density at radius 2 is 2.16 bits per heavy atom. The molecule has 2 rings (SSSR count). The van der Waals surface area contributed by atoms with Gasteiger partial charge in [-0.25, -0.2) is 0 Å². The molecule has 1 fully saturated rings. The van der Waals surface area contributed by atoms with Gasteiger partial charge in [0.1, 0.15) is 5.75 Å². The first-order valence-electron chi connectivity index (χ1n) is 7.28. The van der Waals surface area contributed by atoms with Crippen molar-refractivity contribution >= 4 is 0 Å². The molecule has 3 heteroatoms. The standard InChI is InChI=1S/C16H25NO2/c1-3-19-9-5-8-17-15-10-14(11-15)13-6-4-7-16(12-13)18-2/h4,6-7,12,14-15,17H,3,5,8-11H2,1-2H3. The highest BCUT2D eigenvalue weighted by Gasteiger charge is 2.29. The predicted molar refractivity (Wildman–Crippen MR) is 77.9 cm³/mol. The minimum absolute atomic E-state index is 0.679. The molecule has 0 spiro atoms. The van der Waals surface area contributed by atoms with E-state index in [0.29, 0.717) is 12.0 Å². The molecule has 1 saturated carbocycles. The van der Waals surface area contributed by atoms with Gasteiger partial charge in [0.05, 0.1) is 7.11 Å². The number of ether oxygens (including phenoxy) is 2. The first-order chi connectivity index (χ1) is 9.33. The molecule has 1 aliphatic carbocycles. The van der Waals surface area contributed by atoms with Gasteiger partial charge in [-0.1, -0.05) is 12.1 Å². The van der Waals surface area contributed by atoms with Crippen LogP contribution in [-0.2, 0) is 4.74 Å². The van der Waals surface area contributed by atoms with Crippen molar-refractivity contribution < 1.29 is 9.47 Å². The highest BCUT2D eigenvalue weighted by atomic mass is 16.5. The average Bonchev–Trinajstić information content (AvgIpc) is 2.40. The zero-order valence-electron chi connectivity index (χ0n) is 12.0. The highest BCUT2D eigenvalue weighted by molar-refractivity contribution is 5.32. The van der Waals surface area contributed by atoms with Crippen LogP contribution in [0.4, 0.5) is 0 Å². The van der Waals surface area contributed by atoms with Crippen molar-refractivity contribution in [2.75, 3.05) is 26.9 Å². The smallest absolute Gasteiger partial charge is 0.119 e. The second-order valence-electron chi connectivity index (χ2n) is 5.15. The van der Waals surface area contributed by atoms with Crippen LogP contribution in [0.3, 0.4) is 0 Å². The van der Waals surface area contributed by atoms with Crippen LogP contribution in [0, 0.1) is 0 Å². The van der Waals surface area contributed by atoms with Crippen molar-refractivity contribution in [2.24, 2.45) is 0 Å². The summed E-state index contributed by atoms with van der Waals surface area (Å²) in [5.74, 6) is 1.66. The summed E-state index contributed by atoms with van der Waals surface area (Å²) >= 11 is 0. The SMILES string of the molecule is CCOCCCNC1CC(c2cccc(OC)c2)C1. The molecule has 0 saturated heterocycles. The lowest BCUT2D eigenvalue weighted by molar-refractivity contribution is 0.142. The van der Waals surface area contributed by atoms with Gasteiger partial charge in [0.15, 0.2) is 0 Å². The van der Waals surface area contributed by atoms with Crippen LogP contribution in [0.15, 0.2) is 24.3 Å². The van der Waals surface area contributed by atoms with Gasteiger partial charge in [0.2, 0.25) is 0 Å². The number of nitrogens with one attached hydrogen (secondary N) is 1. The molecule has 1 aromatic rings. The lowest BCUT2D eigenvalue weighted by Gasteiger charge is -2.36. The quantitative estimate of drug-likeness (QED) is 0.731. The van der Waals surface area contributed by atoms with E-state index in [1.165, 1.54) is 18.4 Å². The lowest BCUT2D eigenvalue weighted by Crippen LogP contribution is -2.40. The maximum atomic E-state index is 5.33. The normalized spacial score (nSPS) is 22.0. The van der Waals surface area contributed by atoms with Gasteiger partial charge < -0.3 is 14.8 Å². The van der Waals surface area contributed by atoms with Crippen molar-refractivity contribution in [1.82, 2.24) is 5.32 Å². The second kappa shape index (κ2) is 7.51. The molecule has 0 heterocycles. The average molecular weight is 263 g/mol. The summed E-state index contributed by atoms with van der Waals surface area (Å²) in [5.41, 5.74) is 1.41. The van der Waals surface area contributed by atoms with Crippen molar-refractivity contribution in [1.29, 1.82) is 0 Å². The zero-order chi connectivity index (χ0) is 13.5. The minimum atomic E-state index is 0.679. The Hall–Kier alpha value is -1.06. The highest BCUT2D eigenvalue weighted by Crippen LogP contribution is 2.37. The Kier molecular flexibility index (Phi) is 5.67. The van der Waals surface area contributed by atoms with Gasteiger partial charge in [-0.05, 0) is 56.3 Å². The summed E-state index contributed by atoms with van der Waals surface area (Å²) in [4.78, 5) is 0. The van der Waals surface area contributed by atoms with Crippen LogP contribution in [0.2, 0.25) is 0 Å². The summed E-state index contributed by atoms with van der Waals surface area (Å²) in [6.45, 7) is 4.80. The molecule has 0 aliphatic heterocycles. The number of hydrogen-bond donors (Lipinski definition) is 1. The monoisotopic (exact) mass is 263 g/mol. The molecular weight excluding hydrogens is 238 g/mol. The Labute approximate surface area is 116 Å². The summed E-state index contributed by atoms with van der Waals surface area (Å²) in [6.07, 6.45) is 3.58. The summed E-state index contributed by atoms with van der Waals surface area (Å²) in [6, 6.07) is 9.13. The molecule has 106 valence electrons. The maximum absolute atomic E-state index is 5.33. The molecule has 19 heavy (non-hydrogen) atoms. The molecule has 1 N–H and O–H groups in total. The van der Waals surface area contributed by atoms with Gasteiger partial charge in [-0.2, -0.15) is 0 Å². The molecule has 0 amide bonds. The Balaban J connectivity index is 1.65. The third kappa shape index (κ3) is 4.22. The molecule has 0 atom stereocenters. The zero-order valence-corrected chi connectivity index (χ0v) is 12.0. The van der Waals surface area contributed by atoms with Crippen molar-refractivity contribution in [2.45, 2.75) is 38.1 Å². The van der Waals surface area contributed by atoms with Gasteiger partial charge >= 0.3 is 0 Å². The Morgan fingerprint density at radius 1 is 1.32 bits per heavy atom. The van der Waals surface area contributed by atoms with Gasteiger partial charge in [0.25, 0.3) is 0 Å². The molecule has 1 aromatic carbocycles. The first-order valence-corrected chi connectivity index (χ1v) is 7.28. The Morgan fingerprint density at radius 3 is 2.89 bits per heavy atom. The number of benzene rings is 1. The van der Waals surface area contributed by atoms with E-state index in [9.17, 15) is 0 Å². The van der Waals surface area contributed by atoms with Crippen LogP contribution < -0.4 is 10.1 Å². The van der Waals surface area contributed by atoms with E-state index in [1.54, 1.807) is 7.11 Å². The van der Waals surface area contributed by atoms with Crippen LogP contribution in [0.1, 0.15) is 37.7 Å². The van der Waals surface area contributed by atoms with Gasteiger partial charge in [-0.15, -0.1) is 0 Å². The number of methoxy groups -OCH3 is 1. The second-order valence-corrected chi connectivity index (χ2v) is 5.15. The van der Waals surface area contributed by atoms with Crippen molar-refractivity contribution in [3.8, 4) is 5.75 Å². The molecule has 0 unspecified atom stereocenters. The van der Waals surface area contributed by atoms with E-state index in [4.69, 9.17) is 9.47 Å². The van der Waals surface area contributed by atoms with Gasteiger partial charge in [0, 0.05) is 19.3 Å². The summed E-state index contributed by atoms with van der Waals surface area (Å²) in [7, 11) is 1.72. The van der Waals surface area contributed by atoms with Crippen LogP contribution in [0.5, 0.6) is 5.75 Å². The minimum Gasteiger partial charge on any atom is -0.497 e. The third-order valence-electron chi connectivity index (χ3n) is 3.81. The number of rotatable bonds is 8. The van der Waals surface area contributed by atoms with Crippen LogP contribution in [-0.4, -0.2) is 32.9 Å². The third-order valence-corrected chi connectivity index (χ3v) is 3.81. The lowest BCUT2D eigenvalue weighted by atomic mass is 9.76. The van der Waals surface area contributed by atoms with Crippen molar-refractivity contribution in [3.63, 3.8) is 0 Å².